The van der Waals surface area contributed by atoms with Crippen molar-refractivity contribution in [1.82, 2.24) is 10.2 Å². The molecule has 0 unspecified atom stereocenters. The Morgan fingerprint density at radius 1 is 1.50 bits per heavy atom. The molecule has 0 radical (unpaired) electrons. The normalized spacial score (nSPS) is 12.2. The Labute approximate surface area is 129 Å². The van der Waals surface area contributed by atoms with E-state index in [2.05, 4.69) is 15.5 Å². The second-order valence-electron chi connectivity index (χ2n) is 4.07. The van der Waals surface area contributed by atoms with E-state index in [0.29, 0.717) is 20.2 Å². The lowest BCUT2D eigenvalue weighted by molar-refractivity contribution is -0.115. The number of benzene rings is 1. The molecule has 0 aliphatic heterocycles. The molecule has 0 fully saturated rings. The lowest BCUT2D eigenvalue weighted by Crippen LogP contribution is -2.22. The van der Waals surface area contributed by atoms with Gasteiger partial charge in [0.25, 0.3) is 0 Å². The Morgan fingerprint density at radius 2 is 2.25 bits per heavy atom. The van der Waals surface area contributed by atoms with Crippen LogP contribution in [-0.2, 0) is 4.79 Å². The van der Waals surface area contributed by atoms with Crippen molar-refractivity contribution in [3.63, 3.8) is 0 Å². The van der Waals surface area contributed by atoms with E-state index in [4.69, 9.17) is 17.3 Å². The predicted molar refractivity (Wildman–Crippen MR) is 84.5 cm³/mol. The molecule has 106 valence electrons. The van der Waals surface area contributed by atoms with Crippen LogP contribution in [-0.4, -0.2) is 21.4 Å². The lowest BCUT2D eigenvalue weighted by Gasteiger charge is -2.12. The molecule has 3 N–H and O–H groups in total. The number of halogens is 1. The van der Waals surface area contributed by atoms with E-state index in [9.17, 15) is 4.79 Å². The third-order valence-corrected chi connectivity index (χ3v) is 4.94. The monoisotopic (exact) mass is 328 g/mol. The topological polar surface area (TPSA) is 80.9 Å². The fourth-order valence-electron chi connectivity index (χ4n) is 1.45. The Kier molecular flexibility index (Phi) is 4.85. The minimum absolute atomic E-state index is 0.117. The molecule has 1 aromatic heterocycles. The molecule has 2 aromatic rings. The number of hydrogen-bond acceptors (Lipinski definition) is 6. The van der Waals surface area contributed by atoms with Crippen LogP contribution in [0.4, 0.5) is 10.8 Å². The minimum Gasteiger partial charge on any atom is -0.374 e. The average Bonchev–Trinajstić information content (AvgIpc) is 2.80. The van der Waals surface area contributed by atoms with Gasteiger partial charge in [0.15, 0.2) is 4.34 Å². The summed E-state index contributed by atoms with van der Waals surface area (Å²) in [6.07, 6.45) is 0. The molecule has 1 amide bonds. The van der Waals surface area contributed by atoms with Gasteiger partial charge in [-0.2, -0.15) is 0 Å². The number of nitrogens with two attached hydrogens (primary N) is 1. The number of amides is 1. The summed E-state index contributed by atoms with van der Waals surface area (Å²) >= 11 is 8.61. The fraction of sp³-hybridized carbons (Fsp3) is 0.250. The molecular formula is C12H13ClN4OS2. The molecule has 20 heavy (non-hydrogen) atoms. The van der Waals surface area contributed by atoms with Gasteiger partial charge in [0.2, 0.25) is 11.0 Å². The van der Waals surface area contributed by atoms with Gasteiger partial charge in [0.1, 0.15) is 0 Å². The summed E-state index contributed by atoms with van der Waals surface area (Å²) in [4.78, 5) is 12.1. The van der Waals surface area contributed by atoms with Gasteiger partial charge in [-0.25, -0.2) is 0 Å². The van der Waals surface area contributed by atoms with E-state index >= 15 is 0 Å². The molecule has 1 heterocycles. The molecule has 0 aliphatic rings. The van der Waals surface area contributed by atoms with Gasteiger partial charge < -0.3 is 11.1 Å². The first-order valence-electron chi connectivity index (χ1n) is 5.79. The second-order valence-corrected chi connectivity index (χ2v) is 7.07. The van der Waals surface area contributed by atoms with Gasteiger partial charge in [-0.1, -0.05) is 40.8 Å². The Balaban J connectivity index is 2.02. The van der Waals surface area contributed by atoms with Crippen molar-refractivity contribution in [2.75, 3.05) is 11.1 Å². The molecule has 5 nitrogen and oxygen atoms in total. The van der Waals surface area contributed by atoms with Crippen LogP contribution < -0.4 is 11.1 Å². The van der Waals surface area contributed by atoms with Crippen LogP contribution >= 0.6 is 34.7 Å². The van der Waals surface area contributed by atoms with E-state index in [1.54, 1.807) is 19.1 Å². The van der Waals surface area contributed by atoms with Gasteiger partial charge in [-0.3, -0.25) is 4.79 Å². The highest BCUT2D eigenvalue weighted by Crippen LogP contribution is 2.29. The summed E-state index contributed by atoms with van der Waals surface area (Å²) in [6, 6.07) is 5.41. The van der Waals surface area contributed by atoms with Gasteiger partial charge in [-0.05, 0) is 31.5 Å². The zero-order valence-electron chi connectivity index (χ0n) is 10.9. The predicted octanol–water partition coefficient (Wildman–Crippen LogP) is 3.20. The third kappa shape index (κ3) is 3.62. The van der Waals surface area contributed by atoms with Gasteiger partial charge in [0, 0.05) is 10.7 Å². The largest absolute Gasteiger partial charge is 0.374 e. The van der Waals surface area contributed by atoms with Crippen LogP contribution in [0.25, 0.3) is 0 Å². The summed E-state index contributed by atoms with van der Waals surface area (Å²) in [5.41, 5.74) is 7.07. The summed E-state index contributed by atoms with van der Waals surface area (Å²) < 4.78 is 0.674. The molecular weight excluding hydrogens is 316 g/mol. The Bertz CT molecular complexity index is 632. The average molecular weight is 329 g/mol. The van der Waals surface area contributed by atoms with Gasteiger partial charge in [-0.15, -0.1) is 10.2 Å². The number of aromatic nitrogens is 2. The number of carbonyl (C=O) groups is 1. The maximum atomic E-state index is 12.1. The quantitative estimate of drug-likeness (QED) is 0.842. The maximum Gasteiger partial charge on any atom is 0.237 e. The van der Waals surface area contributed by atoms with Crippen molar-refractivity contribution in [2.45, 2.75) is 23.4 Å². The van der Waals surface area contributed by atoms with Crippen LogP contribution in [0.15, 0.2) is 22.5 Å². The number of thioether (sulfide) groups is 1. The summed E-state index contributed by atoms with van der Waals surface area (Å²) in [7, 11) is 0. The van der Waals surface area contributed by atoms with Crippen molar-refractivity contribution in [3.05, 3.63) is 28.8 Å². The first-order chi connectivity index (χ1) is 9.47. The van der Waals surface area contributed by atoms with E-state index < -0.39 is 0 Å². The number of nitrogens with zero attached hydrogens (tertiary/aromatic N) is 2. The SMILES string of the molecule is Cc1c(Cl)cccc1NC(=O)[C@H](C)Sc1nnc(N)s1. The third-order valence-electron chi connectivity index (χ3n) is 2.59. The number of nitrogens with one attached hydrogen (secondary N) is 1. The number of hydrogen-bond donors (Lipinski definition) is 2. The van der Waals surface area contributed by atoms with E-state index in [1.165, 1.54) is 23.1 Å². The maximum absolute atomic E-state index is 12.1. The molecule has 2 rings (SSSR count). The first kappa shape index (κ1) is 15.1. The molecule has 0 saturated carbocycles. The highest BCUT2D eigenvalue weighted by Gasteiger charge is 2.17. The number of rotatable bonds is 4. The highest BCUT2D eigenvalue weighted by atomic mass is 35.5. The van der Waals surface area contributed by atoms with Crippen LogP contribution in [0.3, 0.4) is 0 Å². The number of anilines is 2. The van der Waals surface area contributed by atoms with E-state index in [-0.39, 0.29) is 11.2 Å². The molecule has 1 atom stereocenters. The second kappa shape index (κ2) is 6.43. The first-order valence-corrected chi connectivity index (χ1v) is 7.86. The molecule has 0 bridgehead atoms. The summed E-state index contributed by atoms with van der Waals surface area (Å²) in [6.45, 7) is 3.67. The standard InChI is InChI=1S/C12H13ClN4OS2/c1-6-8(13)4-3-5-9(6)15-10(18)7(2)19-12-17-16-11(14)20-12/h3-5,7H,1-2H3,(H2,14,16)(H,15,18)/t7-/m0/s1. The minimum atomic E-state index is -0.305. The van der Waals surface area contributed by atoms with Crippen molar-refractivity contribution in [1.29, 1.82) is 0 Å². The van der Waals surface area contributed by atoms with Gasteiger partial charge >= 0.3 is 0 Å². The molecule has 0 aliphatic carbocycles. The van der Waals surface area contributed by atoms with Crippen molar-refractivity contribution in [3.8, 4) is 0 Å². The number of carbonyl (C=O) groups excluding carboxylic acids is 1. The van der Waals surface area contributed by atoms with Crippen LogP contribution in [0, 0.1) is 6.92 Å². The lowest BCUT2D eigenvalue weighted by atomic mass is 10.2. The smallest absolute Gasteiger partial charge is 0.237 e. The van der Waals surface area contributed by atoms with E-state index in [0.717, 1.165) is 5.56 Å². The molecule has 0 spiro atoms. The zero-order chi connectivity index (χ0) is 14.7. The van der Waals surface area contributed by atoms with E-state index in [1.807, 2.05) is 13.0 Å². The summed E-state index contributed by atoms with van der Waals surface area (Å²) in [5.74, 6) is -0.117. The van der Waals surface area contributed by atoms with Crippen molar-refractivity contribution in [2.24, 2.45) is 0 Å². The zero-order valence-corrected chi connectivity index (χ0v) is 13.3. The fourth-order valence-corrected chi connectivity index (χ4v) is 3.40. The van der Waals surface area contributed by atoms with Crippen LogP contribution in [0.5, 0.6) is 0 Å². The Hall–Kier alpha value is -1.31. The molecule has 1 aromatic carbocycles. The Morgan fingerprint density at radius 3 is 2.90 bits per heavy atom. The van der Waals surface area contributed by atoms with Crippen molar-refractivity contribution < 1.29 is 4.79 Å². The van der Waals surface area contributed by atoms with Crippen LogP contribution in [0.2, 0.25) is 5.02 Å². The molecule has 8 heteroatoms. The van der Waals surface area contributed by atoms with Crippen molar-refractivity contribution >= 4 is 51.4 Å². The number of nitrogen functional groups attached to an aromatic ring is 1. The summed E-state index contributed by atoms with van der Waals surface area (Å²) in [5, 5.41) is 11.2. The van der Waals surface area contributed by atoms with Crippen LogP contribution in [0.1, 0.15) is 12.5 Å². The molecule has 0 saturated heterocycles. The van der Waals surface area contributed by atoms with Gasteiger partial charge in [0.05, 0.1) is 5.25 Å². The highest BCUT2D eigenvalue weighted by molar-refractivity contribution is 8.02.